The Labute approximate surface area is 140 Å². The van der Waals surface area contributed by atoms with Crippen molar-refractivity contribution < 1.29 is 12.8 Å². The average molecular weight is 441 g/mol. The number of nitrogens with one attached hydrogen (secondary N) is 1. The first kappa shape index (κ1) is 16.3. The van der Waals surface area contributed by atoms with Gasteiger partial charge in [-0.1, -0.05) is 11.6 Å². The van der Waals surface area contributed by atoms with Crippen LogP contribution in [-0.4, -0.2) is 8.42 Å². The second-order valence-electron chi connectivity index (χ2n) is 4.35. The first-order chi connectivity index (χ1) is 9.70. The summed E-state index contributed by atoms with van der Waals surface area (Å²) in [4.78, 5) is -0.0456. The number of benzene rings is 2. The van der Waals surface area contributed by atoms with Crippen molar-refractivity contribution in [3.05, 3.63) is 50.3 Å². The summed E-state index contributed by atoms with van der Waals surface area (Å²) >= 11 is 7.80. The van der Waals surface area contributed by atoms with Gasteiger partial charge in [0.2, 0.25) is 0 Å². The van der Waals surface area contributed by atoms with Crippen molar-refractivity contribution in [1.29, 1.82) is 0 Å². The van der Waals surface area contributed by atoms with Crippen LogP contribution in [0.25, 0.3) is 0 Å². The molecule has 0 radical (unpaired) electrons. The number of rotatable bonds is 3. The molecular formula is C13H11ClFIN2O2S. The molecule has 0 saturated heterocycles. The molecule has 0 aliphatic rings. The Morgan fingerprint density at radius 3 is 2.52 bits per heavy atom. The fourth-order valence-corrected chi connectivity index (χ4v) is 3.83. The Balaban J connectivity index is 2.43. The van der Waals surface area contributed by atoms with E-state index in [1.165, 1.54) is 30.3 Å². The van der Waals surface area contributed by atoms with E-state index in [-0.39, 0.29) is 21.3 Å². The second kappa shape index (κ2) is 5.98. The smallest absolute Gasteiger partial charge is 0.262 e. The Bertz CT molecular complexity index is 789. The van der Waals surface area contributed by atoms with Crippen LogP contribution in [0, 0.1) is 16.3 Å². The van der Waals surface area contributed by atoms with E-state index in [2.05, 4.69) is 4.72 Å². The zero-order valence-electron chi connectivity index (χ0n) is 10.8. The molecule has 2 aromatic carbocycles. The van der Waals surface area contributed by atoms with Crippen LogP contribution in [-0.2, 0) is 10.0 Å². The topological polar surface area (TPSA) is 72.2 Å². The van der Waals surface area contributed by atoms with Crippen molar-refractivity contribution in [3.8, 4) is 0 Å². The molecule has 8 heteroatoms. The van der Waals surface area contributed by atoms with Crippen LogP contribution >= 0.6 is 34.2 Å². The van der Waals surface area contributed by atoms with E-state index < -0.39 is 15.8 Å². The normalized spacial score (nSPS) is 11.4. The summed E-state index contributed by atoms with van der Waals surface area (Å²) in [7, 11) is -3.85. The van der Waals surface area contributed by atoms with Gasteiger partial charge >= 0.3 is 0 Å². The SMILES string of the molecule is Cc1c(N)cc(S(=O)(=O)Nc2ccc(F)cc2I)cc1Cl. The van der Waals surface area contributed by atoms with Crippen LogP contribution < -0.4 is 10.5 Å². The maximum atomic E-state index is 13.0. The van der Waals surface area contributed by atoms with Crippen LogP contribution in [0.1, 0.15) is 5.56 Å². The Morgan fingerprint density at radius 2 is 1.95 bits per heavy atom. The fraction of sp³-hybridized carbons (Fsp3) is 0.0769. The third-order valence-electron chi connectivity index (χ3n) is 2.84. The predicted molar refractivity (Wildman–Crippen MR) is 90.5 cm³/mol. The minimum atomic E-state index is -3.85. The zero-order chi connectivity index (χ0) is 15.8. The molecule has 112 valence electrons. The summed E-state index contributed by atoms with van der Waals surface area (Å²) in [5, 5.41) is 0.268. The number of nitrogen functional groups attached to an aromatic ring is 1. The molecule has 0 aliphatic heterocycles. The van der Waals surface area contributed by atoms with Gasteiger partial charge in [0.25, 0.3) is 10.0 Å². The van der Waals surface area contributed by atoms with Gasteiger partial charge in [-0.3, -0.25) is 4.72 Å². The summed E-state index contributed by atoms with van der Waals surface area (Å²) in [6.45, 7) is 1.70. The molecule has 0 saturated carbocycles. The molecule has 2 aromatic rings. The maximum absolute atomic E-state index is 13.0. The largest absolute Gasteiger partial charge is 0.398 e. The summed E-state index contributed by atoms with van der Waals surface area (Å²) in [5.41, 5.74) is 6.92. The molecule has 4 nitrogen and oxygen atoms in total. The van der Waals surface area contributed by atoms with Crippen LogP contribution in [0.2, 0.25) is 5.02 Å². The summed E-state index contributed by atoms with van der Waals surface area (Å²) in [6, 6.07) is 6.42. The van der Waals surface area contributed by atoms with Crippen LogP contribution in [0.5, 0.6) is 0 Å². The lowest BCUT2D eigenvalue weighted by atomic mass is 10.2. The van der Waals surface area contributed by atoms with E-state index in [0.29, 0.717) is 9.13 Å². The highest BCUT2D eigenvalue weighted by Crippen LogP contribution is 2.28. The van der Waals surface area contributed by atoms with E-state index in [4.69, 9.17) is 17.3 Å². The van der Waals surface area contributed by atoms with Gasteiger partial charge in [0.15, 0.2) is 0 Å². The Hall–Kier alpha value is -1.06. The third-order valence-corrected chi connectivity index (χ3v) is 5.47. The second-order valence-corrected chi connectivity index (χ2v) is 7.60. The Kier molecular flexibility index (Phi) is 4.64. The molecular weight excluding hydrogens is 430 g/mol. The molecule has 0 heterocycles. The van der Waals surface area contributed by atoms with Crippen LogP contribution in [0.3, 0.4) is 0 Å². The van der Waals surface area contributed by atoms with Crippen molar-refractivity contribution in [1.82, 2.24) is 0 Å². The van der Waals surface area contributed by atoms with Gasteiger partial charge in [-0.2, -0.15) is 0 Å². The van der Waals surface area contributed by atoms with Gasteiger partial charge in [-0.25, -0.2) is 12.8 Å². The summed E-state index contributed by atoms with van der Waals surface area (Å²) in [6.07, 6.45) is 0. The maximum Gasteiger partial charge on any atom is 0.262 e. The third kappa shape index (κ3) is 3.58. The van der Waals surface area contributed by atoms with Gasteiger partial charge < -0.3 is 5.73 Å². The highest BCUT2D eigenvalue weighted by Gasteiger charge is 2.18. The van der Waals surface area contributed by atoms with Gasteiger partial charge in [-0.15, -0.1) is 0 Å². The molecule has 0 atom stereocenters. The van der Waals surface area contributed by atoms with Crippen molar-refractivity contribution in [2.24, 2.45) is 0 Å². The molecule has 0 fully saturated rings. The van der Waals surface area contributed by atoms with Gasteiger partial charge in [0.05, 0.1) is 10.6 Å². The fourth-order valence-electron chi connectivity index (χ4n) is 1.61. The van der Waals surface area contributed by atoms with Crippen molar-refractivity contribution in [2.75, 3.05) is 10.5 Å². The van der Waals surface area contributed by atoms with E-state index in [9.17, 15) is 12.8 Å². The van der Waals surface area contributed by atoms with E-state index in [1.54, 1.807) is 6.92 Å². The molecule has 0 aliphatic carbocycles. The van der Waals surface area contributed by atoms with Crippen molar-refractivity contribution in [3.63, 3.8) is 0 Å². The first-order valence-corrected chi connectivity index (χ1v) is 8.68. The minimum Gasteiger partial charge on any atom is -0.398 e. The molecule has 0 spiro atoms. The number of sulfonamides is 1. The number of hydrogen-bond donors (Lipinski definition) is 2. The zero-order valence-corrected chi connectivity index (χ0v) is 14.6. The monoisotopic (exact) mass is 440 g/mol. The van der Waals surface area contributed by atoms with Crippen molar-refractivity contribution >= 4 is 55.6 Å². The quantitative estimate of drug-likeness (QED) is 0.564. The van der Waals surface area contributed by atoms with E-state index in [1.807, 2.05) is 22.6 Å². The summed E-state index contributed by atoms with van der Waals surface area (Å²) < 4.78 is 40.5. The van der Waals surface area contributed by atoms with E-state index >= 15 is 0 Å². The van der Waals surface area contributed by atoms with Crippen LogP contribution in [0.15, 0.2) is 35.2 Å². The lowest BCUT2D eigenvalue weighted by Crippen LogP contribution is -2.14. The summed E-state index contributed by atoms with van der Waals surface area (Å²) in [5.74, 6) is -0.440. The molecule has 3 N–H and O–H groups in total. The Morgan fingerprint density at radius 1 is 1.29 bits per heavy atom. The standard InChI is InChI=1S/C13H11ClFIN2O2S/c1-7-10(14)5-9(6-12(7)17)21(19,20)18-13-3-2-8(15)4-11(13)16/h2-6,18H,17H2,1H3. The van der Waals surface area contributed by atoms with Crippen LogP contribution in [0.4, 0.5) is 15.8 Å². The lowest BCUT2D eigenvalue weighted by molar-refractivity contribution is 0.601. The number of halogens is 3. The number of hydrogen-bond acceptors (Lipinski definition) is 3. The van der Waals surface area contributed by atoms with E-state index in [0.717, 1.165) is 0 Å². The molecule has 0 amide bonds. The molecule has 21 heavy (non-hydrogen) atoms. The molecule has 0 unspecified atom stereocenters. The van der Waals surface area contributed by atoms with Gasteiger partial charge in [0.1, 0.15) is 5.82 Å². The van der Waals surface area contributed by atoms with Gasteiger partial charge in [0, 0.05) is 14.3 Å². The predicted octanol–water partition coefficient (Wildman–Crippen LogP) is 3.78. The highest BCUT2D eigenvalue weighted by molar-refractivity contribution is 14.1. The first-order valence-electron chi connectivity index (χ1n) is 5.74. The minimum absolute atomic E-state index is 0.0456. The molecule has 0 aromatic heterocycles. The highest BCUT2D eigenvalue weighted by atomic mass is 127. The number of nitrogens with two attached hydrogens (primary N) is 1. The lowest BCUT2D eigenvalue weighted by Gasteiger charge is -2.12. The van der Waals surface area contributed by atoms with Crippen molar-refractivity contribution in [2.45, 2.75) is 11.8 Å². The molecule has 2 rings (SSSR count). The number of anilines is 2. The van der Waals surface area contributed by atoms with Gasteiger partial charge in [-0.05, 0) is 65.4 Å². The molecule has 0 bridgehead atoms. The average Bonchev–Trinajstić information content (AvgIpc) is 2.38.